The van der Waals surface area contributed by atoms with Gasteiger partial charge in [0, 0.05) is 17.8 Å². The number of para-hydroxylation sites is 1. The molecule has 2 unspecified atom stereocenters. The summed E-state index contributed by atoms with van der Waals surface area (Å²) in [5, 5.41) is 6.66. The van der Waals surface area contributed by atoms with Crippen LogP contribution in [0.25, 0.3) is 0 Å². The van der Waals surface area contributed by atoms with Gasteiger partial charge in [0.1, 0.15) is 11.6 Å². The fraction of sp³-hybridized carbons (Fsp3) is 0.611. The van der Waals surface area contributed by atoms with Gasteiger partial charge in [0.05, 0.1) is 0 Å². The highest BCUT2D eigenvalue weighted by Crippen LogP contribution is 2.50. The van der Waals surface area contributed by atoms with Crippen LogP contribution in [0.5, 0.6) is 0 Å². The minimum atomic E-state index is -2.00. The molecule has 2 aliphatic heterocycles. The van der Waals surface area contributed by atoms with E-state index < -0.39 is 13.9 Å². The van der Waals surface area contributed by atoms with E-state index in [1.165, 1.54) is 0 Å². The molecule has 1 aromatic carbocycles. The number of nitrogens with one attached hydrogen (secondary N) is 2. The minimum Gasteiger partial charge on any atom is -0.407 e. The van der Waals surface area contributed by atoms with Crippen molar-refractivity contribution in [1.29, 1.82) is 0 Å². The lowest BCUT2D eigenvalue weighted by Gasteiger charge is -2.44. The van der Waals surface area contributed by atoms with Crippen LogP contribution in [0, 0.1) is 0 Å². The average molecular weight is 333 g/mol. The largest absolute Gasteiger partial charge is 0.407 e. The van der Waals surface area contributed by atoms with Crippen molar-refractivity contribution in [3.05, 3.63) is 29.8 Å². The van der Waals surface area contributed by atoms with Gasteiger partial charge in [-0.25, -0.2) is 0 Å². The summed E-state index contributed by atoms with van der Waals surface area (Å²) >= 11 is 0. The maximum atomic E-state index is 12.8. The smallest absolute Gasteiger partial charge is 0.248 e. The molecule has 2 atom stereocenters. The maximum Gasteiger partial charge on any atom is 0.248 e. The van der Waals surface area contributed by atoms with Gasteiger partial charge in [-0.15, -0.1) is 0 Å². The Hall–Kier alpha value is -1.33. The van der Waals surface area contributed by atoms with Gasteiger partial charge in [0.15, 0.2) is 8.32 Å². The molecule has 23 heavy (non-hydrogen) atoms. The van der Waals surface area contributed by atoms with E-state index in [1.807, 2.05) is 18.2 Å². The van der Waals surface area contributed by atoms with E-state index in [9.17, 15) is 4.79 Å². The third-order valence-corrected chi connectivity index (χ3v) is 10.1. The van der Waals surface area contributed by atoms with Gasteiger partial charge >= 0.3 is 0 Å². The first-order valence-corrected chi connectivity index (χ1v) is 11.4. The van der Waals surface area contributed by atoms with Crippen LogP contribution in [0.4, 0.5) is 5.69 Å². The third-order valence-electron chi connectivity index (χ3n) is 5.71. The lowest BCUT2D eigenvalue weighted by molar-refractivity contribution is -0.130. The van der Waals surface area contributed by atoms with E-state index in [-0.39, 0.29) is 17.0 Å². The molecule has 126 valence electrons. The second-order valence-electron chi connectivity index (χ2n) is 8.30. The summed E-state index contributed by atoms with van der Waals surface area (Å²) < 4.78 is 6.77. The van der Waals surface area contributed by atoms with E-state index in [4.69, 9.17) is 4.43 Å². The van der Waals surface area contributed by atoms with E-state index in [1.54, 1.807) is 0 Å². The predicted octanol–water partition coefficient (Wildman–Crippen LogP) is 3.82. The highest BCUT2D eigenvalue weighted by Gasteiger charge is 2.55. The summed E-state index contributed by atoms with van der Waals surface area (Å²) in [6.07, 6.45) is 1.58. The first-order valence-electron chi connectivity index (χ1n) is 8.51. The van der Waals surface area contributed by atoms with Crippen molar-refractivity contribution >= 4 is 19.9 Å². The molecule has 5 heteroatoms. The average Bonchev–Trinajstić information content (AvgIpc) is 2.76. The van der Waals surface area contributed by atoms with Crippen LogP contribution in [0.3, 0.4) is 0 Å². The number of anilines is 1. The van der Waals surface area contributed by atoms with Crippen LogP contribution in [0.1, 0.15) is 45.3 Å². The molecule has 2 aliphatic rings. The number of piperidine rings is 1. The zero-order valence-electron chi connectivity index (χ0n) is 14.8. The lowest BCUT2D eigenvalue weighted by Crippen LogP contribution is -2.59. The number of carbonyl (C=O) groups is 1. The standard InChI is InChI=1S/C18H28N2O2Si/c1-17(2,3)23(4,5)22-15-13-9-6-7-10-14(13)20-18(15)11-8-12-19-16(18)21/h6-7,9-10,15,20H,8,11-12H2,1-5H3,(H,19,21). The molecule has 0 aromatic heterocycles. The quantitative estimate of drug-likeness (QED) is 0.809. The second kappa shape index (κ2) is 5.35. The third kappa shape index (κ3) is 2.60. The Labute approximate surface area is 140 Å². The van der Waals surface area contributed by atoms with Crippen molar-refractivity contribution in [3.8, 4) is 0 Å². The summed E-state index contributed by atoms with van der Waals surface area (Å²) in [5.41, 5.74) is 1.50. The van der Waals surface area contributed by atoms with Crippen LogP contribution < -0.4 is 10.6 Å². The first-order chi connectivity index (χ1) is 10.7. The second-order valence-corrected chi connectivity index (χ2v) is 13.1. The summed E-state index contributed by atoms with van der Waals surface area (Å²) in [7, 11) is -2.00. The SMILES string of the molecule is CC(C)(C)[Si](C)(C)OC1c2ccccc2NC12CCCNC2=O. The molecular weight excluding hydrogens is 304 g/mol. The van der Waals surface area contributed by atoms with Crippen molar-refractivity contribution in [1.82, 2.24) is 5.32 Å². The molecule has 3 rings (SSSR count). The number of carbonyl (C=O) groups excluding carboxylic acids is 1. The number of amides is 1. The minimum absolute atomic E-state index is 0.0728. The Bertz CT molecular complexity index is 624. The van der Waals surface area contributed by atoms with Gasteiger partial charge < -0.3 is 15.1 Å². The van der Waals surface area contributed by atoms with Crippen molar-refractivity contribution in [2.75, 3.05) is 11.9 Å². The van der Waals surface area contributed by atoms with Gasteiger partial charge in [-0.05, 0) is 37.0 Å². The van der Waals surface area contributed by atoms with Gasteiger partial charge in [0.25, 0.3) is 0 Å². The Balaban J connectivity index is 2.03. The molecular formula is C18H28N2O2Si. The van der Waals surface area contributed by atoms with E-state index in [0.29, 0.717) is 0 Å². The van der Waals surface area contributed by atoms with Crippen LogP contribution in [0.15, 0.2) is 24.3 Å². The molecule has 1 amide bonds. The summed E-state index contributed by atoms with van der Waals surface area (Å²) in [4.78, 5) is 12.8. The van der Waals surface area contributed by atoms with Crippen molar-refractivity contribution in [2.24, 2.45) is 0 Å². The summed E-state index contributed by atoms with van der Waals surface area (Å²) in [6.45, 7) is 12.0. The Morgan fingerprint density at radius 1 is 1.26 bits per heavy atom. The first kappa shape index (κ1) is 16.5. The summed E-state index contributed by atoms with van der Waals surface area (Å²) in [6, 6.07) is 8.18. The molecule has 0 aliphatic carbocycles. The number of hydrogen-bond acceptors (Lipinski definition) is 3. The topological polar surface area (TPSA) is 50.4 Å². The van der Waals surface area contributed by atoms with Gasteiger partial charge in [-0.2, -0.15) is 0 Å². The summed E-state index contributed by atoms with van der Waals surface area (Å²) in [5.74, 6) is 0.0728. The number of hydrogen-bond donors (Lipinski definition) is 2. The zero-order chi connectivity index (χ0) is 16.9. The molecule has 2 heterocycles. The van der Waals surface area contributed by atoms with E-state index in [2.05, 4.69) is 50.6 Å². The molecule has 1 saturated heterocycles. The predicted molar refractivity (Wildman–Crippen MR) is 96.1 cm³/mol. The van der Waals surface area contributed by atoms with Crippen LogP contribution in [-0.4, -0.2) is 26.3 Å². The molecule has 0 bridgehead atoms. The molecule has 1 spiro atoms. The maximum absolute atomic E-state index is 12.8. The van der Waals surface area contributed by atoms with E-state index >= 15 is 0 Å². The molecule has 1 aromatic rings. The number of rotatable bonds is 2. The molecule has 2 N–H and O–H groups in total. The molecule has 4 nitrogen and oxygen atoms in total. The Kier molecular flexibility index (Phi) is 3.84. The fourth-order valence-electron chi connectivity index (χ4n) is 3.26. The van der Waals surface area contributed by atoms with Crippen LogP contribution >= 0.6 is 0 Å². The Morgan fingerprint density at radius 2 is 1.96 bits per heavy atom. The lowest BCUT2D eigenvalue weighted by atomic mass is 9.84. The van der Waals surface area contributed by atoms with Gasteiger partial charge in [-0.1, -0.05) is 39.0 Å². The van der Waals surface area contributed by atoms with Crippen molar-refractivity contribution < 1.29 is 9.22 Å². The van der Waals surface area contributed by atoms with Crippen molar-refractivity contribution in [2.45, 2.75) is 63.4 Å². The molecule has 1 fully saturated rings. The van der Waals surface area contributed by atoms with E-state index in [0.717, 1.165) is 30.6 Å². The highest BCUT2D eigenvalue weighted by atomic mass is 28.4. The monoisotopic (exact) mass is 332 g/mol. The van der Waals surface area contributed by atoms with Crippen molar-refractivity contribution in [3.63, 3.8) is 0 Å². The zero-order valence-corrected chi connectivity index (χ0v) is 15.8. The number of fused-ring (bicyclic) bond motifs is 1. The van der Waals surface area contributed by atoms with Gasteiger partial charge in [-0.3, -0.25) is 4.79 Å². The van der Waals surface area contributed by atoms with Crippen LogP contribution in [0.2, 0.25) is 18.1 Å². The van der Waals surface area contributed by atoms with Crippen LogP contribution in [-0.2, 0) is 9.22 Å². The fourth-order valence-corrected chi connectivity index (χ4v) is 4.53. The molecule has 0 radical (unpaired) electrons. The van der Waals surface area contributed by atoms with Gasteiger partial charge in [0.2, 0.25) is 5.91 Å². The number of benzene rings is 1. The Morgan fingerprint density at radius 3 is 2.61 bits per heavy atom. The molecule has 0 saturated carbocycles. The normalized spacial score (nSPS) is 27.5. The highest BCUT2D eigenvalue weighted by molar-refractivity contribution is 6.74.